The Bertz CT molecular complexity index is 984. The van der Waals surface area contributed by atoms with E-state index in [-0.39, 0.29) is 24.3 Å². The minimum Gasteiger partial charge on any atom is -0.497 e. The predicted octanol–water partition coefficient (Wildman–Crippen LogP) is 3.12. The molecule has 1 saturated carbocycles. The third kappa shape index (κ3) is 1.79. The third-order valence-electron chi connectivity index (χ3n) is 7.80. The number of H-pyrrole nitrogens is 1. The summed E-state index contributed by atoms with van der Waals surface area (Å²) in [5, 5.41) is 1.10. The molecule has 1 aliphatic carbocycles. The van der Waals surface area contributed by atoms with E-state index in [1.54, 1.807) is 7.11 Å². The Hall–Kier alpha value is -2.05. The van der Waals surface area contributed by atoms with Gasteiger partial charge in [-0.3, -0.25) is 9.69 Å². The van der Waals surface area contributed by atoms with Crippen molar-refractivity contribution in [3.8, 4) is 5.75 Å². The summed E-state index contributed by atoms with van der Waals surface area (Å²) in [6.07, 6.45) is 3.10. The number of benzene rings is 1. The Morgan fingerprint density at radius 3 is 3.00 bits per heavy atom. The van der Waals surface area contributed by atoms with Crippen molar-refractivity contribution in [2.45, 2.75) is 50.0 Å². The first-order valence-electron chi connectivity index (χ1n) is 10.3. The van der Waals surface area contributed by atoms with Crippen molar-refractivity contribution in [3.63, 3.8) is 0 Å². The number of hydrogen-bond donors (Lipinski definition) is 1. The van der Waals surface area contributed by atoms with Crippen molar-refractivity contribution < 1.29 is 19.0 Å². The molecule has 3 saturated heterocycles. The van der Waals surface area contributed by atoms with Crippen LogP contribution in [0.2, 0.25) is 0 Å². The van der Waals surface area contributed by atoms with Gasteiger partial charge in [0.2, 0.25) is 0 Å². The number of hydrogen-bond acceptors (Lipinski definition) is 5. The molecule has 5 aliphatic rings. The van der Waals surface area contributed by atoms with Gasteiger partial charge >= 0.3 is 5.97 Å². The molecule has 1 aromatic heterocycles. The maximum atomic E-state index is 13.5. The maximum absolute atomic E-state index is 13.5. The standard InChI is InChI=1S/C22H26N2O4/c1-4-11-7-12-9-22(21(25)27-3)18-17(16-10-24(19(11)22)20(12)28-16)14-8-13(26-2)5-6-15(14)23-18/h5-6,8,11-12,16,19-20,23H,4,7,9-10H2,1-3H3/t11-,12+,16-,19-,20-,22+/m0/s1. The number of ether oxygens (including phenoxy) is 3. The first kappa shape index (κ1) is 16.9. The van der Waals surface area contributed by atoms with E-state index in [9.17, 15) is 4.79 Å². The molecule has 1 unspecified atom stereocenters. The van der Waals surface area contributed by atoms with Crippen LogP contribution in [0.1, 0.15) is 43.5 Å². The quantitative estimate of drug-likeness (QED) is 0.827. The summed E-state index contributed by atoms with van der Waals surface area (Å²) < 4.78 is 17.6. The van der Waals surface area contributed by atoms with Crippen LogP contribution in [-0.4, -0.2) is 48.9 Å². The highest BCUT2D eigenvalue weighted by atomic mass is 16.5. The first-order valence-corrected chi connectivity index (χ1v) is 10.3. The fourth-order valence-corrected chi connectivity index (χ4v) is 6.84. The third-order valence-corrected chi connectivity index (χ3v) is 7.80. The number of esters is 1. The number of nitrogens with one attached hydrogen (secondary N) is 1. The van der Waals surface area contributed by atoms with Gasteiger partial charge in [-0.1, -0.05) is 13.3 Å². The summed E-state index contributed by atoms with van der Waals surface area (Å²) in [4.78, 5) is 19.6. The Morgan fingerprint density at radius 1 is 1.39 bits per heavy atom. The second kappa shape index (κ2) is 5.51. The zero-order valence-electron chi connectivity index (χ0n) is 16.5. The summed E-state index contributed by atoms with van der Waals surface area (Å²) in [5.41, 5.74) is 2.53. The SMILES string of the molecule is CC[C@H]1C[C@@H]2C[C@@]3(C(=O)OC)c4[nH]c5ccc(OC)cc5c4[C@@H]4CN([C@@H]13)[C@H]2O4. The van der Waals surface area contributed by atoms with Gasteiger partial charge in [-0.15, -0.1) is 0 Å². The average Bonchev–Trinajstić information content (AvgIpc) is 3.31. The van der Waals surface area contributed by atoms with Crippen LogP contribution in [0.3, 0.4) is 0 Å². The highest BCUT2D eigenvalue weighted by Gasteiger charge is 2.69. The molecular formula is C22H26N2O4. The highest BCUT2D eigenvalue weighted by Crippen LogP contribution is 2.62. The summed E-state index contributed by atoms with van der Waals surface area (Å²) in [6, 6.07) is 6.20. The van der Waals surface area contributed by atoms with E-state index in [0.29, 0.717) is 11.8 Å². The molecule has 4 fully saturated rings. The Kier molecular flexibility index (Phi) is 3.32. The topological polar surface area (TPSA) is 63.8 Å². The molecule has 2 aromatic rings. The van der Waals surface area contributed by atoms with Crippen molar-refractivity contribution in [1.29, 1.82) is 0 Å². The summed E-state index contributed by atoms with van der Waals surface area (Å²) in [5.74, 6) is 1.56. The monoisotopic (exact) mass is 382 g/mol. The van der Waals surface area contributed by atoms with Crippen LogP contribution in [0.4, 0.5) is 0 Å². The van der Waals surface area contributed by atoms with E-state index in [1.165, 1.54) is 7.11 Å². The first-order chi connectivity index (χ1) is 13.6. The molecule has 6 heteroatoms. The molecule has 1 N–H and O–H groups in total. The molecule has 28 heavy (non-hydrogen) atoms. The van der Waals surface area contributed by atoms with E-state index >= 15 is 0 Å². The largest absolute Gasteiger partial charge is 0.497 e. The van der Waals surface area contributed by atoms with Gasteiger partial charge in [0.1, 0.15) is 17.4 Å². The second-order valence-electron chi connectivity index (χ2n) is 8.81. The van der Waals surface area contributed by atoms with Crippen LogP contribution < -0.4 is 4.74 Å². The summed E-state index contributed by atoms with van der Waals surface area (Å²) in [6.45, 7) is 3.09. The maximum Gasteiger partial charge on any atom is 0.319 e. The molecule has 5 heterocycles. The van der Waals surface area contributed by atoms with E-state index in [0.717, 1.165) is 53.7 Å². The molecule has 0 radical (unpaired) electrons. The van der Waals surface area contributed by atoms with Crippen molar-refractivity contribution >= 4 is 16.9 Å². The number of methoxy groups -OCH3 is 2. The lowest BCUT2D eigenvalue weighted by molar-refractivity contribution is -0.189. The molecular weight excluding hydrogens is 356 g/mol. The van der Waals surface area contributed by atoms with E-state index in [1.807, 2.05) is 12.1 Å². The molecule has 1 aromatic carbocycles. The van der Waals surface area contributed by atoms with Crippen molar-refractivity contribution in [2.24, 2.45) is 11.8 Å². The average molecular weight is 382 g/mol. The van der Waals surface area contributed by atoms with Crippen LogP contribution in [0, 0.1) is 11.8 Å². The Morgan fingerprint density at radius 2 is 2.25 bits per heavy atom. The van der Waals surface area contributed by atoms with Gasteiger partial charge in [0, 0.05) is 40.7 Å². The summed E-state index contributed by atoms with van der Waals surface area (Å²) in [7, 11) is 3.21. The Labute approximate surface area is 164 Å². The lowest BCUT2D eigenvalue weighted by atomic mass is 9.55. The fraction of sp³-hybridized carbons (Fsp3) is 0.591. The van der Waals surface area contributed by atoms with Gasteiger partial charge in [0.05, 0.1) is 20.3 Å². The second-order valence-corrected chi connectivity index (χ2v) is 8.81. The van der Waals surface area contributed by atoms with E-state index in [4.69, 9.17) is 14.2 Å². The molecule has 5 bridgehead atoms. The minimum absolute atomic E-state index is 0.0201. The van der Waals surface area contributed by atoms with Crippen LogP contribution in [0.15, 0.2) is 18.2 Å². The number of piperidine rings is 2. The molecule has 4 aliphatic heterocycles. The van der Waals surface area contributed by atoms with Crippen LogP contribution >= 0.6 is 0 Å². The zero-order chi connectivity index (χ0) is 19.2. The lowest BCUT2D eigenvalue weighted by Gasteiger charge is -2.59. The smallest absolute Gasteiger partial charge is 0.319 e. The normalized spacial score (nSPS) is 39.8. The molecule has 0 amide bonds. The molecule has 7 rings (SSSR count). The van der Waals surface area contributed by atoms with Gasteiger partial charge in [0.25, 0.3) is 0 Å². The number of carbonyl (C=O) groups is 1. The minimum atomic E-state index is -0.644. The number of rotatable bonds is 3. The molecule has 7 atom stereocenters. The van der Waals surface area contributed by atoms with Gasteiger partial charge < -0.3 is 19.2 Å². The molecule has 0 spiro atoms. The highest BCUT2D eigenvalue weighted by molar-refractivity contribution is 5.93. The molecule has 6 nitrogen and oxygen atoms in total. The fourth-order valence-electron chi connectivity index (χ4n) is 6.84. The Balaban J connectivity index is 1.68. The number of aromatic amines is 1. The van der Waals surface area contributed by atoms with Gasteiger partial charge in [-0.05, 0) is 37.0 Å². The van der Waals surface area contributed by atoms with Crippen LogP contribution in [-0.2, 0) is 19.7 Å². The van der Waals surface area contributed by atoms with E-state index in [2.05, 4.69) is 22.9 Å². The van der Waals surface area contributed by atoms with Gasteiger partial charge in [-0.2, -0.15) is 0 Å². The van der Waals surface area contributed by atoms with Gasteiger partial charge in [-0.25, -0.2) is 0 Å². The molecule has 148 valence electrons. The number of carbonyl (C=O) groups excluding carboxylic acids is 1. The predicted molar refractivity (Wildman–Crippen MR) is 103 cm³/mol. The number of fused-ring (bicyclic) bond motifs is 6. The number of aromatic nitrogens is 1. The lowest BCUT2D eigenvalue weighted by Crippen LogP contribution is -2.69. The van der Waals surface area contributed by atoms with E-state index < -0.39 is 5.41 Å². The van der Waals surface area contributed by atoms with Crippen molar-refractivity contribution in [3.05, 3.63) is 29.5 Å². The van der Waals surface area contributed by atoms with Crippen LogP contribution in [0.5, 0.6) is 5.75 Å². The van der Waals surface area contributed by atoms with Crippen LogP contribution in [0.25, 0.3) is 10.9 Å². The zero-order valence-corrected chi connectivity index (χ0v) is 16.5. The van der Waals surface area contributed by atoms with Gasteiger partial charge in [0.15, 0.2) is 0 Å². The summed E-state index contributed by atoms with van der Waals surface area (Å²) >= 11 is 0. The number of nitrogens with zero attached hydrogens (tertiary/aromatic N) is 1. The van der Waals surface area contributed by atoms with Crippen molar-refractivity contribution in [1.82, 2.24) is 9.88 Å². The van der Waals surface area contributed by atoms with Crippen molar-refractivity contribution in [2.75, 3.05) is 20.8 Å².